The van der Waals surface area contributed by atoms with E-state index in [9.17, 15) is 4.79 Å². The maximum atomic E-state index is 12.5. The summed E-state index contributed by atoms with van der Waals surface area (Å²) < 4.78 is 0.935. The summed E-state index contributed by atoms with van der Waals surface area (Å²) in [6.07, 6.45) is 7.50. The molecule has 3 nitrogen and oxygen atoms in total. The molecule has 18 heavy (non-hydrogen) atoms. The number of nitrogens with zero attached hydrogens (tertiary/aromatic N) is 1. The van der Waals surface area contributed by atoms with Gasteiger partial charge in [0.05, 0.1) is 0 Å². The fourth-order valence-corrected chi connectivity index (χ4v) is 2.92. The van der Waals surface area contributed by atoms with Crippen molar-refractivity contribution in [3.63, 3.8) is 0 Å². The van der Waals surface area contributed by atoms with Crippen molar-refractivity contribution >= 4 is 21.7 Å². The van der Waals surface area contributed by atoms with E-state index in [-0.39, 0.29) is 11.2 Å². The van der Waals surface area contributed by atoms with Crippen molar-refractivity contribution in [2.75, 3.05) is 6.54 Å². The van der Waals surface area contributed by atoms with Gasteiger partial charge >= 0.3 is 0 Å². The Morgan fingerprint density at radius 1 is 1.33 bits per heavy atom. The molecule has 1 aromatic rings. The van der Waals surface area contributed by atoms with Crippen LogP contribution in [0.15, 0.2) is 22.8 Å². The summed E-state index contributed by atoms with van der Waals surface area (Å²) in [6, 6.07) is 3.82. The lowest BCUT2D eigenvalue weighted by Crippen LogP contribution is -2.41. The number of nitrogens with two attached hydrogens (primary N) is 1. The smallest absolute Gasteiger partial charge is 0.146 e. The summed E-state index contributed by atoms with van der Waals surface area (Å²) in [5, 5.41) is 0. The van der Waals surface area contributed by atoms with Crippen LogP contribution in [0.1, 0.15) is 37.8 Å². The van der Waals surface area contributed by atoms with Gasteiger partial charge in [-0.3, -0.25) is 9.78 Å². The molecule has 0 amide bonds. The molecule has 98 valence electrons. The van der Waals surface area contributed by atoms with Crippen molar-refractivity contribution in [1.82, 2.24) is 4.98 Å². The topological polar surface area (TPSA) is 56.0 Å². The molecule has 2 rings (SSSR count). The molecular weight excluding hydrogens is 292 g/mol. The maximum Gasteiger partial charge on any atom is 0.146 e. The van der Waals surface area contributed by atoms with Gasteiger partial charge in [-0.1, -0.05) is 19.3 Å². The lowest BCUT2D eigenvalue weighted by Gasteiger charge is -2.34. The van der Waals surface area contributed by atoms with Crippen LogP contribution in [0, 0.1) is 5.41 Å². The first-order valence-corrected chi connectivity index (χ1v) is 7.29. The van der Waals surface area contributed by atoms with E-state index in [1.54, 1.807) is 6.20 Å². The van der Waals surface area contributed by atoms with Crippen LogP contribution < -0.4 is 5.73 Å². The number of ketones is 1. The Labute approximate surface area is 116 Å². The monoisotopic (exact) mass is 310 g/mol. The number of hydrogen-bond donors (Lipinski definition) is 1. The average molecular weight is 311 g/mol. The van der Waals surface area contributed by atoms with Crippen molar-refractivity contribution in [2.24, 2.45) is 11.1 Å². The van der Waals surface area contributed by atoms with Gasteiger partial charge in [-0.05, 0) is 40.9 Å². The molecule has 0 atom stereocenters. The zero-order valence-corrected chi connectivity index (χ0v) is 12.1. The third-order valence-electron chi connectivity index (χ3n) is 3.92. The molecule has 0 spiro atoms. The van der Waals surface area contributed by atoms with Gasteiger partial charge in [-0.25, -0.2) is 0 Å². The minimum atomic E-state index is -0.285. The summed E-state index contributed by atoms with van der Waals surface area (Å²) in [7, 11) is 0. The molecule has 0 aromatic carbocycles. The second kappa shape index (κ2) is 5.93. The number of pyridine rings is 1. The highest BCUT2D eigenvalue weighted by Gasteiger charge is 2.37. The van der Waals surface area contributed by atoms with Gasteiger partial charge in [0.2, 0.25) is 0 Å². The minimum Gasteiger partial charge on any atom is -0.329 e. The fraction of sp³-hybridized carbons (Fsp3) is 0.571. The van der Waals surface area contributed by atoms with Crippen LogP contribution in [-0.2, 0) is 11.2 Å². The predicted octanol–water partition coefficient (Wildman–Crippen LogP) is 2.86. The molecule has 1 aromatic heterocycles. The van der Waals surface area contributed by atoms with Crippen LogP contribution in [0.25, 0.3) is 0 Å². The van der Waals surface area contributed by atoms with E-state index < -0.39 is 0 Å². The first kappa shape index (κ1) is 13.7. The van der Waals surface area contributed by atoms with Gasteiger partial charge in [0.1, 0.15) is 5.78 Å². The molecular formula is C14H19BrN2O. The number of halogens is 1. The molecule has 0 unspecified atom stereocenters. The maximum absolute atomic E-state index is 12.5. The third kappa shape index (κ3) is 2.98. The van der Waals surface area contributed by atoms with Crippen LogP contribution >= 0.6 is 15.9 Å². The highest BCUT2D eigenvalue weighted by Crippen LogP contribution is 2.36. The number of rotatable bonds is 4. The van der Waals surface area contributed by atoms with E-state index in [0.29, 0.717) is 13.0 Å². The van der Waals surface area contributed by atoms with Gasteiger partial charge in [0, 0.05) is 34.7 Å². The first-order valence-electron chi connectivity index (χ1n) is 6.50. The molecule has 4 heteroatoms. The van der Waals surface area contributed by atoms with Gasteiger partial charge in [-0.2, -0.15) is 0 Å². The van der Waals surface area contributed by atoms with Crippen LogP contribution in [0.3, 0.4) is 0 Å². The van der Waals surface area contributed by atoms with E-state index in [2.05, 4.69) is 20.9 Å². The zero-order chi connectivity index (χ0) is 13.0. The fourth-order valence-electron chi connectivity index (χ4n) is 2.69. The Kier molecular flexibility index (Phi) is 4.51. The predicted molar refractivity (Wildman–Crippen MR) is 75.2 cm³/mol. The van der Waals surface area contributed by atoms with Crippen molar-refractivity contribution < 1.29 is 4.79 Å². The SMILES string of the molecule is NCC1(C(=O)Cc2ccc(Br)cn2)CCCCC1. The van der Waals surface area contributed by atoms with Crippen LogP contribution in [-0.4, -0.2) is 17.3 Å². The molecule has 0 bridgehead atoms. The van der Waals surface area contributed by atoms with Gasteiger partial charge in [0.25, 0.3) is 0 Å². The molecule has 1 fully saturated rings. The largest absolute Gasteiger partial charge is 0.329 e. The summed E-state index contributed by atoms with van der Waals surface area (Å²) in [4.78, 5) is 16.7. The Morgan fingerprint density at radius 2 is 2.06 bits per heavy atom. The standard InChI is InChI=1S/C14H19BrN2O/c15-11-4-5-12(17-9-11)8-13(18)14(10-16)6-2-1-3-7-14/h4-5,9H,1-3,6-8,10,16H2. The van der Waals surface area contributed by atoms with Gasteiger partial charge in [-0.15, -0.1) is 0 Å². The van der Waals surface area contributed by atoms with E-state index in [1.165, 1.54) is 6.42 Å². The average Bonchev–Trinajstić information content (AvgIpc) is 2.42. The van der Waals surface area contributed by atoms with Gasteiger partial charge < -0.3 is 5.73 Å². The molecule has 2 N–H and O–H groups in total. The summed E-state index contributed by atoms with van der Waals surface area (Å²) in [5.74, 6) is 0.263. The summed E-state index contributed by atoms with van der Waals surface area (Å²) >= 11 is 3.35. The molecule has 0 saturated heterocycles. The second-order valence-corrected chi connectivity index (χ2v) is 6.03. The molecule has 1 heterocycles. The van der Waals surface area contributed by atoms with E-state index in [0.717, 1.165) is 35.8 Å². The normalized spacial score (nSPS) is 18.6. The van der Waals surface area contributed by atoms with Crippen LogP contribution in [0.4, 0.5) is 0 Å². The first-order chi connectivity index (χ1) is 8.66. The lowest BCUT2D eigenvalue weighted by molar-refractivity contribution is -0.129. The van der Waals surface area contributed by atoms with Crippen molar-refractivity contribution in [1.29, 1.82) is 0 Å². The summed E-state index contributed by atoms with van der Waals surface area (Å²) in [5.41, 5.74) is 6.42. The number of Topliss-reactive ketones (excluding diaryl/α,β-unsaturated/α-hetero) is 1. The molecule has 1 aliphatic rings. The second-order valence-electron chi connectivity index (χ2n) is 5.11. The summed E-state index contributed by atoms with van der Waals surface area (Å²) in [6.45, 7) is 0.475. The van der Waals surface area contributed by atoms with Crippen molar-refractivity contribution in [3.05, 3.63) is 28.5 Å². The van der Waals surface area contributed by atoms with E-state index in [4.69, 9.17) is 5.73 Å². The molecule has 1 aliphatic carbocycles. The lowest BCUT2D eigenvalue weighted by atomic mass is 9.70. The third-order valence-corrected chi connectivity index (χ3v) is 4.39. The van der Waals surface area contributed by atoms with Crippen LogP contribution in [0.2, 0.25) is 0 Å². The molecule has 0 aliphatic heterocycles. The Balaban J connectivity index is 2.07. The van der Waals surface area contributed by atoms with Crippen LogP contribution in [0.5, 0.6) is 0 Å². The Bertz CT molecular complexity index is 410. The Morgan fingerprint density at radius 3 is 2.61 bits per heavy atom. The van der Waals surface area contributed by atoms with Gasteiger partial charge in [0.15, 0.2) is 0 Å². The number of carbonyl (C=O) groups is 1. The number of hydrogen-bond acceptors (Lipinski definition) is 3. The number of carbonyl (C=O) groups excluding carboxylic acids is 1. The quantitative estimate of drug-likeness (QED) is 0.930. The highest BCUT2D eigenvalue weighted by atomic mass is 79.9. The Hall–Kier alpha value is -0.740. The molecule has 1 saturated carbocycles. The highest BCUT2D eigenvalue weighted by molar-refractivity contribution is 9.10. The van der Waals surface area contributed by atoms with Crippen molar-refractivity contribution in [2.45, 2.75) is 38.5 Å². The zero-order valence-electron chi connectivity index (χ0n) is 10.5. The number of aromatic nitrogens is 1. The minimum absolute atomic E-state index is 0.263. The van der Waals surface area contributed by atoms with E-state index >= 15 is 0 Å². The van der Waals surface area contributed by atoms with E-state index in [1.807, 2.05) is 12.1 Å². The molecule has 0 radical (unpaired) electrons. The van der Waals surface area contributed by atoms with Crippen molar-refractivity contribution in [3.8, 4) is 0 Å².